The Balaban J connectivity index is 1.87. The molecule has 1 atom stereocenters. The van der Waals surface area contributed by atoms with Gasteiger partial charge in [0.1, 0.15) is 11.6 Å². The Labute approximate surface area is 147 Å². The lowest BCUT2D eigenvalue weighted by Gasteiger charge is -2.14. The second-order valence-electron chi connectivity index (χ2n) is 5.84. The Bertz CT molecular complexity index is 963. The van der Waals surface area contributed by atoms with Crippen LogP contribution in [-0.4, -0.2) is 5.91 Å². The van der Waals surface area contributed by atoms with Crippen LogP contribution in [0.25, 0.3) is 16.8 Å². The predicted molar refractivity (Wildman–Crippen MR) is 101 cm³/mol. The number of nitrogens with zero attached hydrogens (tertiary/aromatic N) is 1. The topological polar surface area (TPSA) is 52.9 Å². The normalized spacial score (nSPS) is 12.4. The minimum Gasteiger partial charge on any atom is -0.345 e. The van der Waals surface area contributed by atoms with E-state index in [1.807, 2.05) is 85.8 Å². The zero-order valence-electron chi connectivity index (χ0n) is 13.9. The van der Waals surface area contributed by atoms with Gasteiger partial charge in [-0.2, -0.15) is 5.26 Å². The summed E-state index contributed by atoms with van der Waals surface area (Å²) in [6, 6.07) is 25.3. The Morgan fingerprint density at radius 2 is 1.68 bits per heavy atom. The number of nitriles is 1. The van der Waals surface area contributed by atoms with E-state index < -0.39 is 0 Å². The van der Waals surface area contributed by atoms with Crippen LogP contribution >= 0.6 is 0 Å². The third-order valence-electron chi connectivity index (χ3n) is 4.14. The van der Waals surface area contributed by atoms with Crippen molar-refractivity contribution in [1.82, 2.24) is 5.32 Å². The quantitative estimate of drug-likeness (QED) is 0.561. The summed E-state index contributed by atoms with van der Waals surface area (Å²) in [6.45, 7) is 1.90. The number of carbonyl (C=O) groups is 1. The third kappa shape index (κ3) is 3.76. The van der Waals surface area contributed by atoms with Crippen molar-refractivity contribution in [3.63, 3.8) is 0 Å². The highest BCUT2D eigenvalue weighted by Gasteiger charge is 2.14. The maximum Gasteiger partial charge on any atom is 0.262 e. The molecule has 1 N–H and O–H groups in total. The molecule has 0 saturated heterocycles. The number of fused-ring (bicyclic) bond motifs is 1. The molecule has 25 heavy (non-hydrogen) atoms. The second-order valence-corrected chi connectivity index (χ2v) is 5.84. The summed E-state index contributed by atoms with van der Waals surface area (Å²) in [4.78, 5) is 12.5. The summed E-state index contributed by atoms with van der Waals surface area (Å²) < 4.78 is 0. The summed E-state index contributed by atoms with van der Waals surface area (Å²) in [5, 5.41) is 14.4. The lowest BCUT2D eigenvalue weighted by molar-refractivity contribution is -0.117. The lowest BCUT2D eigenvalue weighted by Crippen LogP contribution is -2.27. The molecule has 0 radical (unpaired) electrons. The van der Waals surface area contributed by atoms with Crippen LogP contribution in [0.4, 0.5) is 0 Å². The fourth-order valence-corrected chi connectivity index (χ4v) is 2.78. The maximum atomic E-state index is 12.5. The van der Waals surface area contributed by atoms with Gasteiger partial charge in [0, 0.05) is 0 Å². The van der Waals surface area contributed by atoms with Crippen molar-refractivity contribution in [3.05, 3.63) is 89.5 Å². The van der Waals surface area contributed by atoms with E-state index >= 15 is 0 Å². The van der Waals surface area contributed by atoms with Gasteiger partial charge in [-0.05, 0) is 34.9 Å². The van der Waals surface area contributed by atoms with Gasteiger partial charge in [-0.1, -0.05) is 72.8 Å². The van der Waals surface area contributed by atoms with E-state index in [-0.39, 0.29) is 17.5 Å². The van der Waals surface area contributed by atoms with Crippen molar-refractivity contribution in [2.24, 2.45) is 0 Å². The van der Waals surface area contributed by atoms with Crippen LogP contribution < -0.4 is 5.32 Å². The van der Waals surface area contributed by atoms with E-state index in [9.17, 15) is 10.1 Å². The Hall–Kier alpha value is -3.38. The van der Waals surface area contributed by atoms with Gasteiger partial charge in [0.2, 0.25) is 0 Å². The largest absolute Gasteiger partial charge is 0.345 e. The number of hydrogen-bond donors (Lipinski definition) is 1. The SMILES string of the molecule is C[C@@H](NC(=O)/C(C#N)=C/c1cccc2ccccc12)c1ccccc1. The molecule has 0 unspecified atom stereocenters. The van der Waals surface area contributed by atoms with Gasteiger partial charge in [-0.3, -0.25) is 4.79 Å². The molecule has 0 bridgehead atoms. The minimum absolute atomic E-state index is 0.0964. The zero-order valence-corrected chi connectivity index (χ0v) is 13.9. The van der Waals surface area contributed by atoms with Crippen LogP contribution in [0.15, 0.2) is 78.4 Å². The highest BCUT2D eigenvalue weighted by Crippen LogP contribution is 2.21. The Morgan fingerprint density at radius 1 is 1.00 bits per heavy atom. The molecule has 0 fully saturated rings. The molecular formula is C22H18N2O. The standard InChI is InChI=1S/C22H18N2O/c1-16(17-8-3-2-4-9-17)24-22(25)20(15-23)14-19-12-7-11-18-10-5-6-13-21(18)19/h2-14,16H,1H3,(H,24,25)/b20-14+/t16-/m1/s1. The highest BCUT2D eigenvalue weighted by molar-refractivity contribution is 6.04. The molecule has 0 aliphatic rings. The summed E-state index contributed by atoms with van der Waals surface area (Å²) >= 11 is 0. The molecule has 0 saturated carbocycles. The van der Waals surface area contributed by atoms with Gasteiger partial charge >= 0.3 is 0 Å². The van der Waals surface area contributed by atoms with Crippen molar-refractivity contribution in [2.75, 3.05) is 0 Å². The second kappa shape index (κ2) is 7.46. The number of hydrogen-bond acceptors (Lipinski definition) is 2. The lowest BCUT2D eigenvalue weighted by atomic mass is 10.0. The van der Waals surface area contributed by atoms with Gasteiger partial charge in [0.25, 0.3) is 5.91 Å². The van der Waals surface area contributed by atoms with Gasteiger partial charge < -0.3 is 5.32 Å². The van der Waals surface area contributed by atoms with Crippen molar-refractivity contribution in [1.29, 1.82) is 5.26 Å². The van der Waals surface area contributed by atoms with Crippen molar-refractivity contribution in [2.45, 2.75) is 13.0 Å². The summed E-state index contributed by atoms with van der Waals surface area (Å²) in [7, 11) is 0. The average molecular weight is 326 g/mol. The molecular weight excluding hydrogens is 308 g/mol. The molecule has 1 amide bonds. The van der Waals surface area contributed by atoms with Crippen LogP contribution in [0.5, 0.6) is 0 Å². The molecule has 3 rings (SSSR count). The first kappa shape index (κ1) is 16.5. The van der Waals surface area contributed by atoms with E-state index in [1.165, 1.54) is 0 Å². The minimum atomic E-state index is -0.369. The van der Waals surface area contributed by atoms with Gasteiger partial charge in [0.05, 0.1) is 6.04 Å². The molecule has 0 aliphatic carbocycles. The third-order valence-corrected chi connectivity index (χ3v) is 4.14. The van der Waals surface area contributed by atoms with Crippen LogP contribution in [0.2, 0.25) is 0 Å². The summed E-state index contributed by atoms with van der Waals surface area (Å²) in [5.41, 5.74) is 1.95. The summed E-state index contributed by atoms with van der Waals surface area (Å²) in [5.74, 6) is -0.369. The molecule has 0 spiro atoms. The first-order valence-electron chi connectivity index (χ1n) is 8.14. The van der Waals surface area contributed by atoms with E-state index in [2.05, 4.69) is 5.32 Å². The molecule has 0 aliphatic heterocycles. The zero-order chi connectivity index (χ0) is 17.6. The Kier molecular flexibility index (Phi) is 4.92. The van der Waals surface area contributed by atoms with Gasteiger partial charge in [0.15, 0.2) is 0 Å². The van der Waals surface area contributed by atoms with Crippen LogP contribution in [0, 0.1) is 11.3 Å². The first-order chi connectivity index (χ1) is 12.2. The molecule has 122 valence electrons. The fraction of sp³-hybridized carbons (Fsp3) is 0.0909. The molecule has 0 aromatic heterocycles. The molecule has 0 heterocycles. The average Bonchev–Trinajstić information content (AvgIpc) is 2.66. The number of carbonyl (C=O) groups excluding carboxylic acids is 1. The number of rotatable bonds is 4. The van der Waals surface area contributed by atoms with Gasteiger partial charge in [-0.25, -0.2) is 0 Å². The van der Waals surface area contributed by atoms with E-state index in [1.54, 1.807) is 6.08 Å². The maximum absolute atomic E-state index is 12.5. The van der Waals surface area contributed by atoms with Crippen molar-refractivity contribution >= 4 is 22.8 Å². The fourth-order valence-electron chi connectivity index (χ4n) is 2.78. The number of nitrogens with one attached hydrogen (secondary N) is 1. The molecule has 3 nitrogen and oxygen atoms in total. The van der Waals surface area contributed by atoms with Crippen LogP contribution in [-0.2, 0) is 4.79 Å². The van der Waals surface area contributed by atoms with E-state index in [4.69, 9.17) is 0 Å². The number of amides is 1. The molecule has 3 aromatic rings. The smallest absolute Gasteiger partial charge is 0.262 e. The van der Waals surface area contributed by atoms with Crippen LogP contribution in [0.1, 0.15) is 24.1 Å². The van der Waals surface area contributed by atoms with Crippen molar-refractivity contribution in [3.8, 4) is 6.07 Å². The van der Waals surface area contributed by atoms with Gasteiger partial charge in [-0.15, -0.1) is 0 Å². The van der Waals surface area contributed by atoms with E-state index in [0.29, 0.717) is 0 Å². The summed E-state index contributed by atoms with van der Waals surface area (Å²) in [6.07, 6.45) is 1.65. The van der Waals surface area contributed by atoms with Crippen molar-refractivity contribution < 1.29 is 4.79 Å². The number of benzene rings is 3. The predicted octanol–water partition coefficient (Wildman–Crippen LogP) is 4.62. The monoisotopic (exact) mass is 326 g/mol. The first-order valence-corrected chi connectivity index (χ1v) is 8.14. The van der Waals surface area contributed by atoms with Crippen LogP contribution in [0.3, 0.4) is 0 Å². The highest BCUT2D eigenvalue weighted by atomic mass is 16.1. The molecule has 3 heteroatoms. The Morgan fingerprint density at radius 3 is 2.44 bits per heavy atom. The molecule has 3 aromatic carbocycles. The van der Waals surface area contributed by atoms with E-state index in [0.717, 1.165) is 21.9 Å².